The van der Waals surface area contributed by atoms with Crippen molar-refractivity contribution in [2.75, 3.05) is 0 Å². The number of benzene rings is 2. The summed E-state index contributed by atoms with van der Waals surface area (Å²) in [5, 5.41) is 0. The molecule has 0 heterocycles. The summed E-state index contributed by atoms with van der Waals surface area (Å²) >= 11 is 0. The monoisotopic (exact) mass is 280 g/mol. The lowest BCUT2D eigenvalue weighted by Gasteiger charge is -2.07. The minimum absolute atomic E-state index is 0.315. The Morgan fingerprint density at radius 2 is 1.67 bits per heavy atom. The molecule has 2 aromatic rings. The maximum Gasteiger partial charge on any atom is 0.137 e. The van der Waals surface area contributed by atoms with E-state index in [2.05, 4.69) is 57.2 Å². The van der Waals surface area contributed by atoms with E-state index in [1.54, 1.807) is 0 Å². The quantitative estimate of drug-likeness (QED) is 0.738. The summed E-state index contributed by atoms with van der Waals surface area (Å²) in [5.74, 6) is 0.853. The molecule has 0 amide bonds. The van der Waals surface area contributed by atoms with Crippen molar-refractivity contribution in [1.82, 2.24) is 0 Å². The van der Waals surface area contributed by atoms with Crippen LogP contribution >= 0.6 is 0 Å². The molecule has 0 saturated carbocycles. The average molecular weight is 280 g/mol. The lowest BCUT2D eigenvalue weighted by Crippen LogP contribution is -2.05. The Morgan fingerprint density at radius 3 is 2.29 bits per heavy atom. The van der Waals surface area contributed by atoms with E-state index in [4.69, 9.17) is 0 Å². The number of ketones is 1. The lowest BCUT2D eigenvalue weighted by molar-refractivity contribution is -0.118. The van der Waals surface area contributed by atoms with Crippen LogP contribution in [0, 0.1) is 6.92 Å². The van der Waals surface area contributed by atoms with Gasteiger partial charge in [-0.25, -0.2) is 0 Å². The Hall–Kier alpha value is -1.89. The molecule has 110 valence electrons. The SMILES string of the molecule is Cc1ccccc1CCC(=O)Cc1ccc(C(C)C)cc1. The fraction of sp³-hybridized carbons (Fsp3) is 0.350. The van der Waals surface area contributed by atoms with Gasteiger partial charge in [0.2, 0.25) is 0 Å². The van der Waals surface area contributed by atoms with Crippen LogP contribution in [-0.2, 0) is 17.6 Å². The van der Waals surface area contributed by atoms with Gasteiger partial charge >= 0.3 is 0 Å². The Bertz CT molecular complexity index is 593. The minimum atomic E-state index is 0.315. The van der Waals surface area contributed by atoms with Crippen LogP contribution in [0.25, 0.3) is 0 Å². The molecular weight excluding hydrogens is 256 g/mol. The van der Waals surface area contributed by atoms with Gasteiger partial charge in [0.05, 0.1) is 0 Å². The van der Waals surface area contributed by atoms with Crippen LogP contribution in [0.1, 0.15) is 48.4 Å². The Kier molecular flexibility index (Phi) is 5.32. The third-order valence-corrected chi connectivity index (χ3v) is 3.98. The van der Waals surface area contributed by atoms with Crippen molar-refractivity contribution in [3.05, 3.63) is 70.8 Å². The van der Waals surface area contributed by atoms with Crippen LogP contribution in [0.3, 0.4) is 0 Å². The molecule has 21 heavy (non-hydrogen) atoms. The molecule has 0 aliphatic carbocycles. The molecule has 2 aromatic carbocycles. The maximum absolute atomic E-state index is 12.1. The van der Waals surface area contributed by atoms with Gasteiger partial charge in [0.1, 0.15) is 5.78 Å². The van der Waals surface area contributed by atoms with Crippen molar-refractivity contribution in [2.45, 2.75) is 46.0 Å². The van der Waals surface area contributed by atoms with Crippen LogP contribution in [0.15, 0.2) is 48.5 Å². The van der Waals surface area contributed by atoms with Gasteiger partial charge in [0, 0.05) is 12.8 Å². The molecule has 0 unspecified atom stereocenters. The van der Waals surface area contributed by atoms with E-state index in [-0.39, 0.29) is 0 Å². The molecule has 0 spiro atoms. The van der Waals surface area contributed by atoms with Gasteiger partial charge in [0.25, 0.3) is 0 Å². The standard InChI is InChI=1S/C20H24O/c1-15(2)18-10-8-17(9-11-18)14-20(21)13-12-19-7-5-4-6-16(19)3/h4-11,15H,12-14H2,1-3H3. The Labute approximate surface area is 128 Å². The summed E-state index contributed by atoms with van der Waals surface area (Å²) in [6, 6.07) is 16.7. The number of carbonyl (C=O) groups excluding carboxylic acids is 1. The summed E-state index contributed by atoms with van der Waals surface area (Å²) in [6.07, 6.45) is 2.01. The molecule has 0 bridgehead atoms. The average Bonchev–Trinajstić information content (AvgIpc) is 2.47. The van der Waals surface area contributed by atoms with E-state index in [1.807, 2.05) is 12.1 Å². The van der Waals surface area contributed by atoms with Gasteiger partial charge in [-0.05, 0) is 41.5 Å². The number of hydrogen-bond acceptors (Lipinski definition) is 1. The summed E-state index contributed by atoms with van der Waals surface area (Å²) < 4.78 is 0. The van der Waals surface area contributed by atoms with Crippen molar-refractivity contribution < 1.29 is 4.79 Å². The predicted octanol–water partition coefficient (Wildman–Crippen LogP) is 4.86. The molecule has 0 aliphatic heterocycles. The fourth-order valence-electron chi connectivity index (χ4n) is 2.50. The van der Waals surface area contributed by atoms with E-state index in [9.17, 15) is 4.79 Å². The molecule has 0 aromatic heterocycles. The van der Waals surface area contributed by atoms with E-state index < -0.39 is 0 Å². The second-order valence-electron chi connectivity index (χ2n) is 6.04. The predicted molar refractivity (Wildman–Crippen MR) is 88.7 cm³/mol. The van der Waals surface area contributed by atoms with E-state index >= 15 is 0 Å². The summed E-state index contributed by atoms with van der Waals surface area (Å²) in [5.41, 5.74) is 4.99. The van der Waals surface area contributed by atoms with Crippen molar-refractivity contribution >= 4 is 5.78 Å². The second kappa shape index (κ2) is 7.21. The Morgan fingerprint density at radius 1 is 1.00 bits per heavy atom. The highest BCUT2D eigenvalue weighted by Gasteiger charge is 2.06. The molecule has 1 heteroatoms. The zero-order chi connectivity index (χ0) is 15.2. The summed E-state index contributed by atoms with van der Waals surface area (Å²) in [6.45, 7) is 6.47. The Balaban J connectivity index is 1.88. The highest BCUT2D eigenvalue weighted by Crippen LogP contribution is 2.16. The normalized spacial score (nSPS) is 10.9. The summed E-state index contributed by atoms with van der Waals surface area (Å²) in [4.78, 5) is 12.1. The largest absolute Gasteiger partial charge is 0.299 e. The maximum atomic E-state index is 12.1. The highest BCUT2D eigenvalue weighted by molar-refractivity contribution is 5.81. The molecular formula is C20H24O. The first-order valence-electron chi connectivity index (χ1n) is 7.71. The van der Waals surface area contributed by atoms with Gasteiger partial charge in [-0.2, -0.15) is 0 Å². The van der Waals surface area contributed by atoms with Crippen LogP contribution < -0.4 is 0 Å². The second-order valence-corrected chi connectivity index (χ2v) is 6.04. The van der Waals surface area contributed by atoms with Gasteiger partial charge in [-0.1, -0.05) is 62.4 Å². The first-order valence-corrected chi connectivity index (χ1v) is 7.71. The highest BCUT2D eigenvalue weighted by atomic mass is 16.1. The third kappa shape index (κ3) is 4.56. The van der Waals surface area contributed by atoms with Gasteiger partial charge < -0.3 is 0 Å². The molecule has 2 rings (SSSR count). The van der Waals surface area contributed by atoms with Crippen molar-refractivity contribution in [3.63, 3.8) is 0 Å². The fourth-order valence-corrected chi connectivity index (χ4v) is 2.50. The third-order valence-electron chi connectivity index (χ3n) is 3.98. The smallest absolute Gasteiger partial charge is 0.137 e. The van der Waals surface area contributed by atoms with Crippen LogP contribution in [-0.4, -0.2) is 5.78 Å². The molecule has 0 atom stereocenters. The van der Waals surface area contributed by atoms with Crippen molar-refractivity contribution in [1.29, 1.82) is 0 Å². The van der Waals surface area contributed by atoms with E-state index in [0.29, 0.717) is 24.5 Å². The summed E-state index contributed by atoms with van der Waals surface area (Å²) in [7, 11) is 0. The van der Waals surface area contributed by atoms with Crippen LogP contribution in [0.4, 0.5) is 0 Å². The molecule has 0 fully saturated rings. The molecule has 0 radical (unpaired) electrons. The van der Waals surface area contributed by atoms with Gasteiger partial charge in [-0.3, -0.25) is 4.79 Å². The van der Waals surface area contributed by atoms with Crippen LogP contribution in [0.5, 0.6) is 0 Å². The lowest BCUT2D eigenvalue weighted by atomic mass is 9.97. The zero-order valence-electron chi connectivity index (χ0n) is 13.2. The van der Waals surface area contributed by atoms with Crippen molar-refractivity contribution in [2.24, 2.45) is 0 Å². The van der Waals surface area contributed by atoms with Gasteiger partial charge in [-0.15, -0.1) is 0 Å². The molecule has 0 N–H and O–H groups in total. The molecule has 0 aliphatic rings. The van der Waals surface area contributed by atoms with Crippen molar-refractivity contribution in [3.8, 4) is 0 Å². The topological polar surface area (TPSA) is 17.1 Å². The number of Topliss-reactive ketones (excluding diaryl/α,β-unsaturated/α-hetero) is 1. The minimum Gasteiger partial charge on any atom is -0.299 e. The first kappa shape index (κ1) is 15.5. The zero-order valence-corrected chi connectivity index (χ0v) is 13.2. The number of aryl methyl sites for hydroxylation is 2. The molecule has 0 saturated heterocycles. The van der Waals surface area contributed by atoms with E-state index in [1.165, 1.54) is 16.7 Å². The number of hydrogen-bond donors (Lipinski definition) is 0. The molecule has 1 nitrogen and oxygen atoms in total. The van der Waals surface area contributed by atoms with Crippen LogP contribution in [0.2, 0.25) is 0 Å². The van der Waals surface area contributed by atoms with E-state index in [0.717, 1.165) is 12.0 Å². The first-order chi connectivity index (χ1) is 10.1. The van der Waals surface area contributed by atoms with Gasteiger partial charge in [0.15, 0.2) is 0 Å². The number of carbonyl (C=O) groups is 1. The number of rotatable bonds is 6.